The molecule has 1 N–H and O–H groups in total. The molecule has 0 aliphatic carbocycles. The van der Waals surface area contributed by atoms with Crippen molar-refractivity contribution in [2.45, 2.75) is 13.8 Å². The molecule has 1 aliphatic heterocycles. The SMILES string of the molecule is CC(C)COc1ccc(Br)cc1C(=O)Nc1ccccc1C(=O)N1CCN(C)CC1. The molecule has 2 aromatic rings. The Morgan fingerprint density at radius 2 is 1.77 bits per heavy atom. The number of rotatable bonds is 6. The van der Waals surface area contributed by atoms with Gasteiger partial charge in [-0.3, -0.25) is 9.59 Å². The van der Waals surface area contributed by atoms with Gasteiger partial charge in [0.15, 0.2) is 0 Å². The van der Waals surface area contributed by atoms with E-state index >= 15 is 0 Å². The number of halogens is 1. The van der Waals surface area contributed by atoms with E-state index in [1.807, 2.05) is 30.1 Å². The van der Waals surface area contributed by atoms with Crippen LogP contribution in [0.1, 0.15) is 34.6 Å². The zero-order valence-electron chi connectivity index (χ0n) is 17.7. The molecular weight excluding hydrogens is 446 g/mol. The van der Waals surface area contributed by atoms with Crippen molar-refractivity contribution < 1.29 is 14.3 Å². The number of ether oxygens (including phenoxy) is 1. The Kier molecular flexibility index (Phi) is 7.50. The molecule has 0 aromatic heterocycles. The summed E-state index contributed by atoms with van der Waals surface area (Å²) in [5.41, 5.74) is 1.42. The summed E-state index contributed by atoms with van der Waals surface area (Å²) in [5, 5.41) is 2.91. The monoisotopic (exact) mass is 473 g/mol. The Labute approximate surface area is 186 Å². The van der Waals surface area contributed by atoms with E-state index in [1.165, 1.54) is 0 Å². The number of carbonyl (C=O) groups is 2. The third kappa shape index (κ3) is 5.61. The molecule has 0 saturated carbocycles. The molecule has 0 bridgehead atoms. The predicted molar refractivity (Wildman–Crippen MR) is 122 cm³/mol. The lowest BCUT2D eigenvalue weighted by molar-refractivity contribution is 0.0665. The molecule has 0 unspecified atom stereocenters. The van der Waals surface area contributed by atoms with Crippen molar-refractivity contribution in [2.75, 3.05) is 45.2 Å². The number of hydrogen-bond donors (Lipinski definition) is 1. The van der Waals surface area contributed by atoms with Crippen LogP contribution in [-0.2, 0) is 0 Å². The summed E-state index contributed by atoms with van der Waals surface area (Å²) in [6, 6.07) is 12.5. The van der Waals surface area contributed by atoms with Crippen molar-refractivity contribution >= 4 is 33.4 Å². The molecule has 1 aliphatic rings. The highest BCUT2D eigenvalue weighted by atomic mass is 79.9. The van der Waals surface area contributed by atoms with Crippen molar-refractivity contribution in [3.05, 3.63) is 58.1 Å². The van der Waals surface area contributed by atoms with Crippen LogP contribution < -0.4 is 10.1 Å². The largest absolute Gasteiger partial charge is 0.492 e. The summed E-state index contributed by atoms with van der Waals surface area (Å²) in [4.78, 5) is 30.2. The second-order valence-corrected chi connectivity index (χ2v) is 8.86. The number of anilines is 1. The highest BCUT2D eigenvalue weighted by Gasteiger charge is 2.23. The molecule has 1 heterocycles. The second kappa shape index (κ2) is 10.1. The molecular formula is C23H28BrN3O3. The van der Waals surface area contributed by atoms with E-state index in [-0.39, 0.29) is 11.8 Å². The van der Waals surface area contributed by atoms with E-state index in [0.29, 0.717) is 48.2 Å². The summed E-state index contributed by atoms with van der Waals surface area (Å²) in [5.74, 6) is 0.483. The Morgan fingerprint density at radius 1 is 1.07 bits per heavy atom. The van der Waals surface area contributed by atoms with Gasteiger partial charge in [0.2, 0.25) is 0 Å². The fourth-order valence-corrected chi connectivity index (χ4v) is 3.57. The molecule has 0 spiro atoms. The second-order valence-electron chi connectivity index (χ2n) is 7.94. The van der Waals surface area contributed by atoms with Gasteiger partial charge in [-0.2, -0.15) is 0 Å². The van der Waals surface area contributed by atoms with E-state index < -0.39 is 0 Å². The van der Waals surface area contributed by atoms with Crippen molar-refractivity contribution in [2.24, 2.45) is 5.92 Å². The number of nitrogens with zero attached hydrogens (tertiary/aromatic N) is 2. The lowest BCUT2D eigenvalue weighted by Crippen LogP contribution is -2.47. The minimum absolute atomic E-state index is 0.0653. The average molecular weight is 474 g/mol. The lowest BCUT2D eigenvalue weighted by Gasteiger charge is -2.32. The maximum Gasteiger partial charge on any atom is 0.259 e. The van der Waals surface area contributed by atoms with Crippen LogP contribution in [0.4, 0.5) is 5.69 Å². The number of piperazine rings is 1. The van der Waals surface area contributed by atoms with Gasteiger partial charge in [-0.25, -0.2) is 0 Å². The summed E-state index contributed by atoms with van der Waals surface area (Å²) < 4.78 is 6.62. The first kappa shape index (κ1) is 22.3. The van der Waals surface area contributed by atoms with Gasteiger partial charge in [0.1, 0.15) is 5.75 Å². The highest BCUT2D eigenvalue weighted by molar-refractivity contribution is 9.10. The summed E-state index contributed by atoms with van der Waals surface area (Å²) >= 11 is 3.42. The quantitative estimate of drug-likeness (QED) is 0.684. The van der Waals surface area contributed by atoms with E-state index in [0.717, 1.165) is 17.6 Å². The van der Waals surface area contributed by atoms with E-state index in [4.69, 9.17) is 4.74 Å². The standard InChI is InChI=1S/C23H28BrN3O3/c1-16(2)15-30-21-9-8-17(24)14-19(21)22(28)25-20-7-5-4-6-18(20)23(29)27-12-10-26(3)11-13-27/h4-9,14,16H,10-13,15H2,1-3H3,(H,25,28). The maximum absolute atomic E-state index is 13.1. The van der Waals surface area contributed by atoms with Crippen LogP contribution in [0.25, 0.3) is 0 Å². The molecule has 1 fully saturated rings. The lowest BCUT2D eigenvalue weighted by atomic mass is 10.1. The van der Waals surface area contributed by atoms with Crippen molar-refractivity contribution in [1.82, 2.24) is 9.80 Å². The number of amides is 2. The third-order valence-corrected chi connectivity index (χ3v) is 5.45. The molecule has 30 heavy (non-hydrogen) atoms. The molecule has 3 rings (SSSR count). The average Bonchev–Trinajstić information content (AvgIpc) is 2.73. The maximum atomic E-state index is 13.1. The first-order valence-electron chi connectivity index (χ1n) is 10.2. The van der Waals surface area contributed by atoms with Crippen LogP contribution in [0.5, 0.6) is 5.75 Å². The van der Waals surface area contributed by atoms with Gasteiger partial charge in [-0.05, 0) is 43.3 Å². The number of carbonyl (C=O) groups excluding carboxylic acids is 2. The van der Waals surface area contributed by atoms with Crippen LogP contribution in [0, 0.1) is 5.92 Å². The zero-order chi connectivity index (χ0) is 21.7. The van der Waals surface area contributed by atoms with Gasteiger partial charge >= 0.3 is 0 Å². The van der Waals surface area contributed by atoms with Crippen LogP contribution in [0.2, 0.25) is 0 Å². The normalized spacial score (nSPS) is 14.6. The van der Waals surface area contributed by atoms with Gasteiger partial charge in [0.25, 0.3) is 11.8 Å². The molecule has 7 heteroatoms. The Hall–Kier alpha value is -2.38. The Morgan fingerprint density at radius 3 is 2.47 bits per heavy atom. The first-order valence-corrected chi connectivity index (χ1v) is 10.9. The Bertz CT molecular complexity index is 908. The van der Waals surface area contributed by atoms with Gasteiger partial charge in [-0.1, -0.05) is 41.9 Å². The third-order valence-electron chi connectivity index (χ3n) is 4.95. The minimum atomic E-state index is -0.311. The predicted octanol–water partition coefficient (Wildman–Crippen LogP) is 4.12. The fraction of sp³-hybridized carbons (Fsp3) is 0.391. The van der Waals surface area contributed by atoms with Crippen LogP contribution in [-0.4, -0.2) is 61.4 Å². The number of nitrogens with one attached hydrogen (secondary N) is 1. The minimum Gasteiger partial charge on any atom is -0.492 e. The van der Waals surface area contributed by atoms with Crippen LogP contribution >= 0.6 is 15.9 Å². The van der Waals surface area contributed by atoms with Crippen molar-refractivity contribution in [1.29, 1.82) is 0 Å². The van der Waals surface area contributed by atoms with Gasteiger partial charge in [0, 0.05) is 30.7 Å². The van der Waals surface area contributed by atoms with E-state index in [2.05, 4.69) is 40.0 Å². The van der Waals surface area contributed by atoms with E-state index in [1.54, 1.807) is 24.3 Å². The van der Waals surface area contributed by atoms with Crippen LogP contribution in [0.15, 0.2) is 46.9 Å². The molecule has 1 saturated heterocycles. The molecule has 2 aromatic carbocycles. The van der Waals surface area contributed by atoms with Crippen molar-refractivity contribution in [3.8, 4) is 5.75 Å². The van der Waals surface area contributed by atoms with Gasteiger partial charge in [-0.15, -0.1) is 0 Å². The van der Waals surface area contributed by atoms with Crippen LogP contribution in [0.3, 0.4) is 0 Å². The molecule has 160 valence electrons. The smallest absolute Gasteiger partial charge is 0.259 e. The topological polar surface area (TPSA) is 61.9 Å². The molecule has 2 amide bonds. The number of likely N-dealkylation sites (N-methyl/N-ethyl adjacent to an activating group) is 1. The molecule has 0 radical (unpaired) electrons. The number of para-hydroxylation sites is 1. The summed E-state index contributed by atoms with van der Waals surface area (Å²) in [6.45, 7) is 7.66. The summed E-state index contributed by atoms with van der Waals surface area (Å²) in [7, 11) is 2.05. The molecule has 6 nitrogen and oxygen atoms in total. The van der Waals surface area contributed by atoms with E-state index in [9.17, 15) is 9.59 Å². The van der Waals surface area contributed by atoms with Gasteiger partial charge in [0.05, 0.1) is 23.4 Å². The first-order chi connectivity index (χ1) is 14.3. The number of benzene rings is 2. The number of hydrogen-bond acceptors (Lipinski definition) is 4. The zero-order valence-corrected chi connectivity index (χ0v) is 19.2. The van der Waals surface area contributed by atoms with Crippen molar-refractivity contribution in [3.63, 3.8) is 0 Å². The fourth-order valence-electron chi connectivity index (χ4n) is 3.21. The Balaban J connectivity index is 1.81. The molecule has 0 atom stereocenters. The van der Waals surface area contributed by atoms with Gasteiger partial charge < -0.3 is 19.9 Å². The highest BCUT2D eigenvalue weighted by Crippen LogP contribution is 2.26. The summed E-state index contributed by atoms with van der Waals surface area (Å²) in [6.07, 6.45) is 0.